The molecule has 5 N–H and O–H groups in total. The molecule has 462 valence electrons. The topological polar surface area (TPSA) is 272 Å². The number of anilines is 3. The summed E-state index contributed by atoms with van der Waals surface area (Å²) in [6.07, 6.45) is 18.1. The molecule has 3 aromatic heterocycles. The average molecular weight is 1290 g/mol. The lowest BCUT2D eigenvalue weighted by Crippen LogP contribution is -2.08. The molecule has 9 rings (SSSR count). The van der Waals surface area contributed by atoms with Crippen molar-refractivity contribution in [3.05, 3.63) is 232 Å². The maximum absolute atomic E-state index is 12.2. The van der Waals surface area contributed by atoms with Gasteiger partial charge in [-0.1, -0.05) is 102 Å². The number of rotatable bonds is 18. The SMILES string of the molecule is C=Cc1ccc(OC)c(OC(C)=O)c1.COc1ccc(/C=C/C(=O)Nc2cn(Cc3cccc(Cl)c3)cn2)cc1O.COc1ccc(/C=C/C(=O)Nc2cn(Cc3cccc(Cl)c3)cn2)cc1OC(C)=O.Cl.Nc1cn(Cc2cccc(Cl)c2)cn1.O=C=O. The van der Waals surface area contributed by atoms with E-state index < -0.39 is 5.97 Å². The van der Waals surface area contributed by atoms with Crippen LogP contribution < -0.4 is 40.1 Å². The molecule has 25 heteroatoms. The summed E-state index contributed by atoms with van der Waals surface area (Å²) in [6, 6.07) is 38.0. The summed E-state index contributed by atoms with van der Waals surface area (Å²) in [6.45, 7) is 8.21. The van der Waals surface area contributed by atoms with E-state index in [1.165, 1.54) is 53.4 Å². The van der Waals surface area contributed by atoms with Crippen LogP contribution in [-0.4, -0.2) is 85.0 Å². The zero-order valence-electron chi connectivity index (χ0n) is 48.5. The number of benzene rings is 6. The number of hydrogen-bond donors (Lipinski definition) is 4. The second kappa shape index (κ2) is 37.2. The molecule has 9 aromatic rings. The van der Waals surface area contributed by atoms with Gasteiger partial charge < -0.3 is 58.9 Å². The highest BCUT2D eigenvalue weighted by atomic mass is 35.5. The number of methoxy groups -OCH3 is 3. The number of carbonyl (C=O) groups excluding carboxylic acids is 6. The maximum atomic E-state index is 12.2. The van der Waals surface area contributed by atoms with Gasteiger partial charge in [0.1, 0.15) is 5.82 Å². The van der Waals surface area contributed by atoms with E-state index in [1.807, 2.05) is 92.6 Å². The Balaban J connectivity index is 0.000000261. The van der Waals surface area contributed by atoms with E-state index in [0.717, 1.165) is 33.8 Å². The molecule has 0 aliphatic carbocycles. The molecule has 0 unspecified atom stereocenters. The van der Waals surface area contributed by atoms with Gasteiger partial charge in [0, 0.05) is 79.3 Å². The molecule has 6 aromatic carbocycles. The number of nitrogens with zero attached hydrogens (tertiary/aromatic N) is 6. The maximum Gasteiger partial charge on any atom is 0.373 e. The fourth-order valence-corrected chi connectivity index (χ4v) is 8.24. The van der Waals surface area contributed by atoms with Gasteiger partial charge in [-0.2, -0.15) is 9.59 Å². The summed E-state index contributed by atoms with van der Waals surface area (Å²) in [4.78, 5) is 74.8. The van der Waals surface area contributed by atoms with Crippen molar-refractivity contribution in [2.24, 2.45) is 0 Å². The van der Waals surface area contributed by atoms with Crippen LogP contribution in [0.25, 0.3) is 18.2 Å². The molecule has 0 saturated heterocycles. The number of hydrogen-bond acceptors (Lipinski definition) is 16. The number of nitrogens with two attached hydrogens (primary N) is 1. The Bertz CT molecular complexity index is 3910. The van der Waals surface area contributed by atoms with Crippen molar-refractivity contribution in [3.8, 4) is 34.5 Å². The van der Waals surface area contributed by atoms with Crippen molar-refractivity contribution in [2.45, 2.75) is 33.5 Å². The zero-order chi connectivity index (χ0) is 64.0. The zero-order valence-corrected chi connectivity index (χ0v) is 51.6. The third-order valence-electron chi connectivity index (χ3n) is 11.4. The molecule has 0 saturated carbocycles. The lowest BCUT2D eigenvalue weighted by molar-refractivity contribution is -0.191. The van der Waals surface area contributed by atoms with Crippen molar-refractivity contribution in [2.75, 3.05) is 37.7 Å². The van der Waals surface area contributed by atoms with Crippen LogP contribution in [0.1, 0.15) is 47.2 Å². The summed E-state index contributed by atoms with van der Waals surface area (Å²) in [7, 11) is 4.48. The number of aromatic hydroxyl groups is 1. The first-order valence-electron chi connectivity index (χ1n) is 26.0. The number of aromatic nitrogens is 6. The largest absolute Gasteiger partial charge is 0.504 e. The number of carbonyl (C=O) groups is 4. The number of ether oxygens (including phenoxy) is 5. The van der Waals surface area contributed by atoms with Gasteiger partial charge in [-0.05, 0) is 118 Å². The lowest BCUT2D eigenvalue weighted by atomic mass is 10.2. The first-order chi connectivity index (χ1) is 42.3. The van der Waals surface area contributed by atoms with Gasteiger partial charge in [0.25, 0.3) is 0 Å². The summed E-state index contributed by atoms with van der Waals surface area (Å²) in [5, 5.41) is 17.2. The molecule has 0 bridgehead atoms. The summed E-state index contributed by atoms with van der Waals surface area (Å²) in [5.74, 6) is 1.98. The molecule has 21 nitrogen and oxygen atoms in total. The van der Waals surface area contributed by atoms with Gasteiger partial charge >= 0.3 is 18.1 Å². The van der Waals surface area contributed by atoms with E-state index in [2.05, 4.69) is 32.2 Å². The second-order valence-corrected chi connectivity index (χ2v) is 19.4. The second-order valence-electron chi connectivity index (χ2n) is 18.1. The molecule has 0 fully saturated rings. The van der Waals surface area contributed by atoms with Crippen LogP contribution in [0.2, 0.25) is 15.1 Å². The molecule has 3 heterocycles. The molecule has 0 aliphatic heterocycles. The summed E-state index contributed by atoms with van der Waals surface area (Å²) in [5.41, 5.74) is 10.9. The highest BCUT2D eigenvalue weighted by molar-refractivity contribution is 6.31. The van der Waals surface area contributed by atoms with Gasteiger partial charge in [-0.25, -0.2) is 15.0 Å². The Morgan fingerprint density at radius 1 is 0.551 bits per heavy atom. The smallest absolute Gasteiger partial charge is 0.373 e. The minimum atomic E-state index is -0.458. The first kappa shape index (κ1) is 71.1. The van der Waals surface area contributed by atoms with Gasteiger partial charge in [0.15, 0.2) is 46.1 Å². The van der Waals surface area contributed by atoms with Crippen LogP contribution >= 0.6 is 47.2 Å². The molecule has 89 heavy (non-hydrogen) atoms. The van der Waals surface area contributed by atoms with Crippen molar-refractivity contribution in [3.63, 3.8) is 0 Å². The predicted molar refractivity (Wildman–Crippen MR) is 344 cm³/mol. The van der Waals surface area contributed by atoms with Gasteiger partial charge in [-0.3, -0.25) is 19.2 Å². The number of phenols is 1. The van der Waals surface area contributed by atoms with Crippen LogP contribution in [0, 0.1) is 0 Å². The van der Waals surface area contributed by atoms with Crippen molar-refractivity contribution < 1.29 is 57.6 Å². The van der Waals surface area contributed by atoms with E-state index >= 15 is 0 Å². The Kier molecular flexibility index (Phi) is 29.7. The number of amides is 2. The fourth-order valence-electron chi connectivity index (χ4n) is 7.60. The molecule has 0 radical (unpaired) electrons. The van der Waals surface area contributed by atoms with Crippen LogP contribution in [0.3, 0.4) is 0 Å². The number of esters is 2. The number of halogens is 4. The normalized spacial score (nSPS) is 10.1. The predicted octanol–water partition coefficient (Wildman–Crippen LogP) is 12.4. The summed E-state index contributed by atoms with van der Waals surface area (Å²) >= 11 is 17.9. The third-order valence-corrected chi connectivity index (χ3v) is 12.1. The standard InChI is InChI=1S/C22H20ClN3O4.C20H18ClN3O3.C11H12O3.C10H10ClN3.CO2.ClH/c1-15(27)30-20-11-16(6-8-19(20)29-2)7-9-22(28)25-21-13-26(14-24-21)12-17-4-3-5-18(23)10-17;1-27-18-7-5-14(10-17(18)25)6-8-20(26)23-19-12-24(13-22-19)11-15-3-2-4-16(21)9-15;1-4-9-5-6-10(13-3)11(7-9)14-8(2)12;11-9-3-1-2-8(4-9)5-14-6-10(12)13-7-14;2-1-3;/h3-11,13-14H,12H2,1-2H3,(H,25,28);2-10,12-13,25H,11H2,1H3,(H,23,26);4-7H,1H2,2-3H3;1-4,6-7H,5,12H2;;1H/b9-7+;8-6+;;;;. The monoisotopic (exact) mass is 1290 g/mol. The van der Waals surface area contributed by atoms with Gasteiger partial charge in [0.2, 0.25) is 11.8 Å². The Morgan fingerprint density at radius 3 is 1.28 bits per heavy atom. The van der Waals surface area contributed by atoms with E-state index in [-0.39, 0.29) is 47.8 Å². The van der Waals surface area contributed by atoms with Crippen molar-refractivity contribution >= 4 is 113 Å². The van der Waals surface area contributed by atoms with E-state index in [0.29, 0.717) is 74.7 Å². The number of phenolic OH excluding ortho intramolecular Hbond substituents is 1. The van der Waals surface area contributed by atoms with Crippen LogP contribution in [0.15, 0.2) is 184 Å². The van der Waals surface area contributed by atoms with Gasteiger partial charge in [0.05, 0.1) is 40.3 Å². The molecular weight excluding hydrogens is 1230 g/mol. The minimum Gasteiger partial charge on any atom is -0.504 e. The number of nitrogens with one attached hydrogen (secondary N) is 2. The molecule has 2 amide bonds. The quantitative estimate of drug-likeness (QED) is 0.0353. The number of nitrogen functional groups attached to an aromatic ring is 1. The lowest BCUT2D eigenvalue weighted by Gasteiger charge is -2.08. The Hall–Kier alpha value is -10.4. The van der Waals surface area contributed by atoms with E-state index in [1.54, 1.807) is 98.3 Å². The molecule has 0 aliphatic rings. The van der Waals surface area contributed by atoms with Crippen molar-refractivity contribution in [1.29, 1.82) is 0 Å². The van der Waals surface area contributed by atoms with E-state index in [9.17, 15) is 24.3 Å². The first-order valence-corrected chi connectivity index (χ1v) is 27.2. The van der Waals surface area contributed by atoms with Gasteiger partial charge in [-0.15, -0.1) is 12.4 Å². The highest BCUT2D eigenvalue weighted by Gasteiger charge is 2.11. The molecular formula is C64H61Cl4N9O12. The third kappa shape index (κ3) is 25.6. The molecule has 0 atom stereocenters. The number of imidazole rings is 3. The van der Waals surface area contributed by atoms with Crippen LogP contribution in [0.5, 0.6) is 34.5 Å². The fraction of sp³-hybridized carbons (Fsp3) is 0.125. The Morgan fingerprint density at radius 2 is 0.921 bits per heavy atom. The van der Waals surface area contributed by atoms with E-state index in [4.69, 9.17) is 73.8 Å². The minimum absolute atomic E-state index is 0. The average Bonchev–Trinajstić information content (AvgIpc) is 4.38. The molecule has 0 spiro atoms. The van der Waals surface area contributed by atoms with Crippen LogP contribution in [-0.2, 0) is 48.4 Å². The Labute approximate surface area is 534 Å². The highest BCUT2D eigenvalue weighted by Crippen LogP contribution is 2.30. The van der Waals surface area contributed by atoms with Crippen molar-refractivity contribution in [1.82, 2.24) is 28.7 Å². The van der Waals surface area contributed by atoms with Crippen LogP contribution in [0.4, 0.5) is 17.5 Å². The summed E-state index contributed by atoms with van der Waals surface area (Å²) < 4.78 is 30.9.